The topological polar surface area (TPSA) is 64.9 Å². The average molecular weight is 370 g/mol. The van der Waals surface area contributed by atoms with Gasteiger partial charge in [0.25, 0.3) is 0 Å². The standard InChI is InChI=1S/C22H31N3O2/c1-15(2)13-25-14-17-11-22(21(27)23-8-9-26)19(20(25)18(17)12-24-22)10-16-6-4-3-5-7-16/h3-7,12,15,17-20,26H,8-11,13-14H2,1-2H3,(H,23,27)/t17-,18-,19+,20+,22+/m1/s1. The number of hydrogen-bond donors (Lipinski definition) is 2. The van der Waals surface area contributed by atoms with Crippen molar-refractivity contribution in [3.05, 3.63) is 35.9 Å². The van der Waals surface area contributed by atoms with Gasteiger partial charge in [0.15, 0.2) is 0 Å². The van der Waals surface area contributed by atoms with E-state index in [0.29, 0.717) is 30.3 Å². The van der Waals surface area contributed by atoms with Crippen LogP contribution in [0, 0.1) is 23.7 Å². The van der Waals surface area contributed by atoms with Crippen molar-refractivity contribution in [2.75, 3.05) is 26.2 Å². The second-order valence-electron chi connectivity index (χ2n) is 8.86. The van der Waals surface area contributed by atoms with Crippen LogP contribution in [0.3, 0.4) is 0 Å². The van der Waals surface area contributed by atoms with Crippen molar-refractivity contribution in [3.8, 4) is 0 Å². The lowest BCUT2D eigenvalue weighted by atomic mass is 9.59. The Balaban J connectivity index is 1.69. The molecular formula is C22H31N3O2. The fraction of sp³-hybridized carbons (Fsp3) is 0.636. The molecule has 5 rings (SSSR count). The number of hydrogen-bond acceptors (Lipinski definition) is 4. The van der Waals surface area contributed by atoms with Crippen molar-refractivity contribution in [1.82, 2.24) is 10.2 Å². The summed E-state index contributed by atoms with van der Waals surface area (Å²) in [6, 6.07) is 10.9. The molecule has 2 N–H and O–H groups in total. The highest BCUT2D eigenvalue weighted by Crippen LogP contribution is 2.53. The minimum Gasteiger partial charge on any atom is -0.395 e. The van der Waals surface area contributed by atoms with E-state index < -0.39 is 5.54 Å². The zero-order valence-electron chi connectivity index (χ0n) is 16.3. The molecule has 3 heterocycles. The largest absolute Gasteiger partial charge is 0.395 e. The molecule has 5 nitrogen and oxygen atoms in total. The molecule has 0 aromatic heterocycles. The van der Waals surface area contributed by atoms with Gasteiger partial charge in [-0.1, -0.05) is 44.2 Å². The molecule has 5 heteroatoms. The number of aliphatic hydroxyl groups is 1. The number of benzene rings is 1. The van der Waals surface area contributed by atoms with E-state index in [0.717, 1.165) is 25.9 Å². The fourth-order valence-corrected chi connectivity index (χ4v) is 5.67. The van der Waals surface area contributed by atoms with Crippen LogP contribution in [0.2, 0.25) is 0 Å². The van der Waals surface area contributed by atoms with Crippen LogP contribution in [0.5, 0.6) is 0 Å². The zero-order valence-corrected chi connectivity index (χ0v) is 16.3. The van der Waals surface area contributed by atoms with Gasteiger partial charge < -0.3 is 10.4 Å². The van der Waals surface area contributed by atoms with E-state index in [9.17, 15) is 9.90 Å². The van der Waals surface area contributed by atoms with Crippen molar-refractivity contribution in [2.45, 2.75) is 38.3 Å². The summed E-state index contributed by atoms with van der Waals surface area (Å²) >= 11 is 0. The lowest BCUT2D eigenvalue weighted by Crippen LogP contribution is -2.64. The van der Waals surface area contributed by atoms with Crippen LogP contribution in [0.4, 0.5) is 0 Å². The van der Waals surface area contributed by atoms with E-state index in [2.05, 4.69) is 54.5 Å². The summed E-state index contributed by atoms with van der Waals surface area (Å²) in [6.45, 7) is 6.94. The fourth-order valence-electron chi connectivity index (χ4n) is 5.67. The number of aliphatic imine (C=N–C) groups is 1. The van der Waals surface area contributed by atoms with Crippen LogP contribution in [-0.2, 0) is 11.2 Å². The highest BCUT2D eigenvalue weighted by Gasteiger charge is 2.63. The smallest absolute Gasteiger partial charge is 0.248 e. The summed E-state index contributed by atoms with van der Waals surface area (Å²) in [4.78, 5) is 20.7. The van der Waals surface area contributed by atoms with Gasteiger partial charge in [-0.05, 0) is 30.2 Å². The SMILES string of the molecule is CC(C)CN1C[C@H]2C[C@]3(C(=O)NCCO)N=C[C@H]2[C@H]1[C@@H]3Cc1ccccc1. The van der Waals surface area contributed by atoms with E-state index >= 15 is 0 Å². The quantitative estimate of drug-likeness (QED) is 0.770. The van der Waals surface area contributed by atoms with Crippen molar-refractivity contribution in [3.63, 3.8) is 0 Å². The third-order valence-electron chi connectivity index (χ3n) is 6.59. The average Bonchev–Trinajstić information content (AvgIpc) is 2.95. The molecule has 27 heavy (non-hydrogen) atoms. The van der Waals surface area contributed by atoms with E-state index in [1.807, 2.05) is 6.07 Å². The molecule has 0 radical (unpaired) electrons. The Morgan fingerprint density at radius 2 is 2.15 bits per heavy atom. The van der Waals surface area contributed by atoms with Gasteiger partial charge in [0, 0.05) is 43.7 Å². The normalized spacial score (nSPS) is 34.4. The molecule has 1 aromatic carbocycles. The van der Waals surface area contributed by atoms with Gasteiger partial charge in [0.1, 0.15) is 5.54 Å². The Bertz CT molecular complexity index is 705. The van der Waals surface area contributed by atoms with Crippen LogP contribution in [0.25, 0.3) is 0 Å². The van der Waals surface area contributed by atoms with E-state index in [1.54, 1.807) is 0 Å². The summed E-state index contributed by atoms with van der Waals surface area (Å²) in [6.07, 6.45) is 3.78. The number of carbonyl (C=O) groups is 1. The van der Waals surface area contributed by atoms with Crippen molar-refractivity contribution >= 4 is 12.1 Å². The molecule has 0 spiro atoms. The Morgan fingerprint density at radius 1 is 1.37 bits per heavy atom. The summed E-state index contributed by atoms with van der Waals surface area (Å²) < 4.78 is 0. The van der Waals surface area contributed by atoms with Crippen molar-refractivity contribution in [1.29, 1.82) is 0 Å². The Labute approximate surface area is 161 Å². The van der Waals surface area contributed by atoms with Crippen LogP contribution >= 0.6 is 0 Å². The van der Waals surface area contributed by atoms with Crippen LogP contribution in [-0.4, -0.2) is 60.0 Å². The monoisotopic (exact) mass is 369 g/mol. The first-order chi connectivity index (χ1) is 13.0. The lowest BCUT2D eigenvalue weighted by molar-refractivity contribution is -0.132. The summed E-state index contributed by atoms with van der Waals surface area (Å²) in [5.74, 6) is 1.75. The zero-order chi connectivity index (χ0) is 19.0. The first-order valence-electron chi connectivity index (χ1n) is 10.3. The molecule has 3 aliphatic heterocycles. The van der Waals surface area contributed by atoms with Gasteiger partial charge in [-0.15, -0.1) is 0 Å². The summed E-state index contributed by atoms with van der Waals surface area (Å²) in [7, 11) is 0. The maximum atomic E-state index is 13.2. The molecule has 1 saturated carbocycles. The molecule has 5 atom stereocenters. The predicted molar refractivity (Wildman–Crippen MR) is 107 cm³/mol. The van der Waals surface area contributed by atoms with E-state index in [4.69, 9.17) is 4.99 Å². The molecule has 1 aliphatic carbocycles. The van der Waals surface area contributed by atoms with Gasteiger partial charge in [-0.2, -0.15) is 0 Å². The lowest BCUT2D eigenvalue weighted by Gasteiger charge is -2.51. The number of carbonyl (C=O) groups excluding carboxylic acids is 1. The number of nitrogens with zero attached hydrogens (tertiary/aromatic N) is 2. The van der Waals surface area contributed by atoms with Gasteiger partial charge >= 0.3 is 0 Å². The van der Waals surface area contributed by atoms with Gasteiger partial charge in [-0.25, -0.2) is 0 Å². The second kappa shape index (κ2) is 7.36. The third kappa shape index (κ3) is 3.21. The van der Waals surface area contributed by atoms with Crippen LogP contribution in [0.1, 0.15) is 25.8 Å². The number of nitrogens with one attached hydrogen (secondary N) is 1. The summed E-state index contributed by atoms with van der Waals surface area (Å²) in [5, 5.41) is 12.1. The van der Waals surface area contributed by atoms with Crippen LogP contribution in [0.15, 0.2) is 35.3 Å². The van der Waals surface area contributed by atoms with Crippen LogP contribution < -0.4 is 5.32 Å². The highest BCUT2D eigenvalue weighted by atomic mass is 16.3. The Morgan fingerprint density at radius 3 is 2.85 bits per heavy atom. The Hall–Kier alpha value is -1.72. The molecule has 0 unspecified atom stereocenters. The molecule has 146 valence electrons. The summed E-state index contributed by atoms with van der Waals surface area (Å²) in [5.41, 5.74) is 0.577. The maximum absolute atomic E-state index is 13.2. The first-order valence-corrected chi connectivity index (χ1v) is 10.3. The molecule has 2 fully saturated rings. The minimum atomic E-state index is -0.694. The molecular weight excluding hydrogens is 338 g/mol. The molecule has 1 amide bonds. The van der Waals surface area contributed by atoms with Crippen molar-refractivity contribution < 1.29 is 9.90 Å². The van der Waals surface area contributed by atoms with Gasteiger partial charge in [-0.3, -0.25) is 14.7 Å². The van der Waals surface area contributed by atoms with E-state index in [-0.39, 0.29) is 18.4 Å². The van der Waals surface area contributed by atoms with Crippen molar-refractivity contribution in [2.24, 2.45) is 28.7 Å². The highest BCUT2D eigenvalue weighted by molar-refractivity contribution is 5.91. The molecule has 1 saturated heterocycles. The Kier molecular flexibility index (Phi) is 5.08. The predicted octanol–water partition coefficient (Wildman–Crippen LogP) is 1.75. The third-order valence-corrected chi connectivity index (χ3v) is 6.59. The first kappa shape index (κ1) is 18.6. The maximum Gasteiger partial charge on any atom is 0.248 e. The molecule has 4 bridgehead atoms. The number of likely N-dealkylation sites (tertiary alicyclic amines) is 1. The number of aliphatic hydroxyl groups excluding tert-OH is 1. The van der Waals surface area contributed by atoms with Gasteiger partial charge in [0.05, 0.1) is 6.61 Å². The molecule has 4 aliphatic rings. The second-order valence-corrected chi connectivity index (χ2v) is 8.86. The number of amides is 1. The van der Waals surface area contributed by atoms with E-state index in [1.165, 1.54) is 5.56 Å². The van der Waals surface area contributed by atoms with Gasteiger partial charge in [0.2, 0.25) is 5.91 Å². The number of rotatable bonds is 7. The molecule has 1 aromatic rings. The minimum absolute atomic E-state index is 0.00622.